The minimum absolute atomic E-state index is 0.103. The summed E-state index contributed by atoms with van der Waals surface area (Å²) in [5.74, 6) is 1.30. The summed E-state index contributed by atoms with van der Waals surface area (Å²) < 4.78 is 15.8. The Kier molecular flexibility index (Phi) is 6.87. The summed E-state index contributed by atoms with van der Waals surface area (Å²) in [7, 11) is 3.21. The standard InChI is InChI=1S/C15H23NO4/c1-5-20-11(2)15(17)16-10-9-12-7-6-8-13(18-3)14(12)19-4/h6-8,11H,5,9-10H2,1-4H3,(H,16,17). The average Bonchev–Trinajstić information content (AvgIpc) is 2.46. The van der Waals surface area contributed by atoms with Crippen molar-refractivity contribution in [3.63, 3.8) is 0 Å². The third-order valence-corrected chi connectivity index (χ3v) is 2.96. The lowest BCUT2D eigenvalue weighted by atomic mass is 10.1. The second-order valence-corrected chi connectivity index (χ2v) is 4.29. The van der Waals surface area contributed by atoms with Gasteiger partial charge < -0.3 is 19.5 Å². The van der Waals surface area contributed by atoms with E-state index in [-0.39, 0.29) is 5.91 Å². The summed E-state index contributed by atoms with van der Waals surface area (Å²) in [5.41, 5.74) is 0.996. The van der Waals surface area contributed by atoms with Crippen LogP contribution in [0.1, 0.15) is 19.4 Å². The van der Waals surface area contributed by atoms with Crippen LogP contribution in [0.2, 0.25) is 0 Å². The zero-order valence-electron chi connectivity index (χ0n) is 12.6. The number of hydrogen-bond donors (Lipinski definition) is 1. The minimum Gasteiger partial charge on any atom is -0.493 e. The zero-order chi connectivity index (χ0) is 15.0. The number of carbonyl (C=O) groups excluding carboxylic acids is 1. The molecule has 0 heterocycles. The van der Waals surface area contributed by atoms with Crippen molar-refractivity contribution in [1.82, 2.24) is 5.32 Å². The van der Waals surface area contributed by atoms with Crippen LogP contribution in [0.25, 0.3) is 0 Å². The first kappa shape index (κ1) is 16.3. The quantitative estimate of drug-likeness (QED) is 0.789. The number of methoxy groups -OCH3 is 2. The van der Waals surface area contributed by atoms with Crippen molar-refractivity contribution >= 4 is 5.91 Å². The van der Waals surface area contributed by atoms with Crippen LogP contribution >= 0.6 is 0 Å². The molecule has 1 N–H and O–H groups in total. The lowest BCUT2D eigenvalue weighted by molar-refractivity contribution is -0.131. The van der Waals surface area contributed by atoms with Gasteiger partial charge in [0.05, 0.1) is 14.2 Å². The highest BCUT2D eigenvalue weighted by molar-refractivity contribution is 5.80. The number of ether oxygens (including phenoxy) is 3. The van der Waals surface area contributed by atoms with Gasteiger partial charge in [-0.3, -0.25) is 4.79 Å². The normalized spacial score (nSPS) is 11.8. The van der Waals surface area contributed by atoms with E-state index in [9.17, 15) is 4.79 Å². The highest BCUT2D eigenvalue weighted by atomic mass is 16.5. The van der Waals surface area contributed by atoms with E-state index in [1.54, 1.807) is 21.1 Å². The Balaban J connectivity index is 2.56. The van der Waals surface area contributed by atoms with E-state index in [2.05, 4.69) is 5.32 Å². The van der Waals surface area contributed by atoms with Crippen molar-refractivity contribution < 1.29 is 19.0 Å². The lowest BCUT2D eigenvalue weighted by Crippen LogP contribution is -2.35. The fourth-order valence-corrected chi connectivity index (χ4v) is 1.94. The molecule has 0 radical (unpaired) electrons. The van der Waals surface area contributed by atoms with Gasteiger partial charge in [0.1, 0.15) is 6.10 Å². The first-order valence-electron chi connectivity index (χ1n) is 6.73. The molecule has 5 nitrogen and oxygen atoms in total. The summed E-state index contributed by atoms with van der Waals surface area (Å²) >= 11 is 0. The van der Waals surface area contributed by atoms with Crippen LogP contribution in [0.3, 0.4) is 0 Å². The van der Waals surface area contributed by atoms with E-state index < -0.39 is 6.10 Å². The molecule has 1 atom stereocenters. The van der Waals surface area contributed by atoms with E-state index in [0.717, 1.165) is 5.56 Å². The van der Waals surface area contributed by atoms with Crippen LogP contribution in [0.15, 0.2) is 18.2 Å². The van der Waals surface area contributed by atoms with Crippen molar-refractivity contribution in [3.8, 4) is 11.5 Å². The van der Waals surface area contributed by atoms with E-state index in [0.29, 0.717) is 31.1 Å². The van der Waals surface area contributed by atoms with Crippen LogP contribution in [-0.2, 0) is 16.0 Å². The maximum Gasteiger partial charge on any atom is 0.248 e. The highest BCUT2D eigenvalue weighted by Gasteiger charge is 2.13. The van der Waals surface area contributed by atoms with Crippen molar-refractivity contribution in [1.29, 1.82) is 0 Å². The zero-order valence-corrected chi connectivity index (χ0v) is 12.6. The SMILES string of the molecule is CCOC(C)C(=O)NCCc1cccc(OC)c1OC. The Bertz CT molecular complexity index is 434. The second kappa shape index (κ2) is 8.43. The summed E-state index contributed by atoms with van der Waals surface area (Å²) in [4.78, 5) is 11.7. The number of amides is 1. The molecule has 0 aliphatic heterocycles. The van der Waals surface area contributed by atoms with Gasteiger partial charge in [0.15, 0.2) is 11.5 Å². The largest absolute Gasteiger partial charge is 0.493 e. The van der Waals surface area contributed by atoms with Crippen LogP contribution in [0, 0.1) is 0 Å². The van der Waals surface area contributed by atoms with E-state index in [1.165, 1.54) is 0 Å². The summed E-state index contributed by atoms with van der Waals surface area (Å²) in [6, 6.07) is 5.71. The molecule has 0 aliphatic rings. The highest BCUT2D eigenvalue weighted by Crippen LogP contribution is 2.30. The molecule has 0 bridgehead atoms. The first-order chi connectivity index (χ1) is 9.63. The monoisotopic (exact) mass is 281 g/mol. The molecule has 0 saturated heterocycles. The molecule has 112 valence electrons. The Morgan fingerprint density at radius 1 is 1.30 bits per heavy atom. The Hall–Kier alpha value is -1.75. The van der Waals surface area contributed by atoms with Crippen LogP contribution in [0.4, 0.5) is 0 Å². The molecule has 1 aromatic rings. The molecular weight excluding hydrogens is 258 g/mol. The second-order valence-electron chi connectivity index (χ2n) is 4.29. The number of benzene rings is 1. The smallest absolute Gasteiger partial charge is 0.248 e. The van der Waals surface area contributed by atoms with Gasteiger partial charge in [0.2, 0.25) is 5.91 Å². The minimum atomic E-state index is -0.424. The molecule has 0 spiro atoms. The van der Waals surface area contributed by atoms with Crippen LogP contribution in [-0.4, -0.2) is 39.4 Å². The van der Waals surface area contributed by atoms with Crippen molar-refractivity contribution in [3.05, 3.63) is 23.8 Å². The Morgan fingerprint density at radius 2 is 2.05 bits per heavy atom. The van der Waals surface area contributed by atoms with Crippen LogP contribution in [0.5, 0.6) is 11.5 Å². The molecule has 1 rings (SSSR count). The van der Waals surface area contributed by atoms with Gasteiger partial charge in [0.25, 0.3) is 0 Å². The molecule has 0 aromatic heterocycles. The fraction of sp³-hybridized carbons (Fsp3) is 0.533. The van der Waals surface area contributed by atoms with Gasteiger partial charge in [-0.1, -0.05) is 12.1 Å². The van der Waals surface area contributed by atoms with Gasteiger partial charge in [-0.15, -0.1) is 0 Å². The van der Waals surface area contributed by atoms with Crippen LogP contribution < -0.4 is 14.8 Å². The molecule has 1 unspecified atom stereocenters. The maximum absolute atomic E-state index is 11.7. The molecule has 1 aromatic carbocycles. The molecule has 0 fully saturated rings. The molecule has 5 heteroatoms. The fourth-order valence-electron chi connectivity index (χ4n) is 1.94. The molecule has 1 amide bonds. The summed E-state index contributed by atoms with van der Waals surface area (Å²) in [6.07, 6.45) is 0.248. The summed E-state index contributed by atoms with van der Waals surface area (Å²) in [5, 5.41) is 2.84. The predicted molar refractivity (Wildman–Crippen MR) is 77.3 cm³/mol. The number of hydrogen-bond acceptors (Lipinski definition) is 4. The van der Waals surface area contributed by atoms with Crippen molar-refractivity contribution in [2.45, 2.75) is 26.4 Å². The number of nitrogens with one attached hydrogen (secondary N) is 1. The third-order valence-electron chi connectivity index (χ3n) is 2.96. The van der Waals surface area contributed by atoms with Gasteiger partial charge in [-0.2, -0.15) is 0 Å². The summed E-state index contributed by atoms with van der Waals surface area (Å²) in [6.45, 7) is 4.66. The van der Waals surface area contributed by atoms with E-state index in [4.69, 9.17) is 14.2 Å². The average molecular weight is 281 g/mol. The van der Waals surface area contributed by atoms with Crippen molar-refractivity contribution in [2.75, 3.05) is 27.4 Å². The molecule has 0 saturated carbocycles. The Morgan fingerprint density at radius 3 is 2.65 bits per heavy atom. The number of para-hydroxylation sites is 1. The van der Waals surface area contributed by atoms with Gasteiger partial charge in [0, 0.05) is 13.2 Å². The van der Waals surface area contributed by atoms with Crippen molar-refractivity contribution in [2.24, 2.45) is 0 Å². The number of rotatable bonds is 8. The van der Waals surface area contributed by atoms with Gasteiger partial charge >= 0.3 is 0 Å². The molecule has 0 aliphatic carbocycles. The van der Waals surface area contributed by atoms with E-state index in [1.807, 2.05) is 25.1 Å². The first-order valence-corrected chi connectivity index (χ1v) is 6.73. The van der Waals surface area contributed by atoms with Gasteiger partial charge in [-0.25, -0.2) is 0 Å². The predicted octanol–water partition coefficient (Wildman–Crippen LogP) is 1.79. The lowest BCUT2D eigenvalue weighted by Gasteiger charge is -2.14. The molecule has 20 heavy (non-hydrogen) atoms. The maximum atomic E-state index is 11.7. The Labute approximate surface area is 120 Å². The molecular formula is C15H23NO4. The number of carbonyl (C=O) groups is 1. The van der Waals surface area contributed by atoms with Gasteiger partial charge in [-0.05, 0) is 31.9 Å². The topological polar surface area (TPSA) is 56.8 Å². The third kappa shape index (κ3) is 4.42. The van der Waals surface area contributed by atoms with E-state index >= 15 is 0 Å².